The van der Waals surface area contributed by atoms with E-state index < -0.39 is 148 Å². The molecule has 3 aromatic rings. The van der Waals surface area contributed by atoms with Crippen LogP contribution >= 0.6 is 0 Å². The Bertz CT molecular complexity index is 2740. The van der Waals surface area contributed by atoms with Gasteiger partial charge in [-0.3, -0.25) is 33.8 Å². The van der Waals surface area contributed by atoms with Crippen LogP contribution in [0.1, 0.15) is 79.8 Å². The zero-order valence-electron chi connectivity index (χ0n) is 39.9. The lowest BCUT2D eigenvalue weighted by atomic mass is 9.44. The van der Waals surface area contributed by atoms with Crippen molar-refractivity contribution in [3.63, 3.8) is 0 Å². The van der Waals surface area contributed by atoms with E-state index in [0.29, 0.717) is 0 Å². The van der Waals surface area contributed by atoms with Crippen molar-refractivity contribution in [3.8, 4) is 0 Å². The largest absolute Gasteiger partial charge is 0.455 e. The number of carbonyl (C=O) groups is 7. The lowest BCUT2D eigenvalue weighted by Crippen LogP contribution is -2.81. The Labute approximate surface area is 414 Å². The molecule has 0 spiro atoms. The van der Waals surface area contributed by atoms with Crippen LogP contribution in [-0.2, 0) is 57.8 Å². The maximum absolute atomic E-state index is 15.2. The van der Waals surface area contributed by atoms with E-state index in [9.17, 15) is 47.7 Å². The summed E-state index contributed by atoms with van der Waals surface area (Å²) in [5.74, 6) is -9.68. The molecule has 21 nitrogen and oxygen atoms in total. The molecule has 2 unspecified atom stereocenters. The van der Waals surface area contributed by atoms with Gasteiger partial charge in [0.05, 0.1) is 36.2 Å². The fraction of sp³-hybridized carbons (Fsp3) is 0.460. The number of ketones is 1. The highest BCUT2D eigenvalue weighted by molar-refractivity contribution is 7.85. The van der Waals surface area contributed by atoms with Gasteiger partial charge in [-0.15, -0.1) is 0 Å². The molecule has 3 fully saturated rings. The minimum atomic E-state index is -4.50. The number of hydrogen-bond acceptors (Lipinski definition) is 18. The molecule has 7 N–H and O–H groups in total. The Balaban J connectivity index is 1.33. The van der Waals surface area contributed by atoms with Gasteiger partial charge in [0.15, 0.2) is 11.4 Å². The van der Waals surface area contributed by atoms with E-state index >= 15 is 9.59 Å². The summed E-state index contributed by atoms with van der Waals surface area (Å²) in [6.07, 6.45) is -11.4. The third kappa shape index (κ3) is 10.2. The van der Waals surface area contributed by atoms with Crippen molar-refractivity contribution in [2.45, 2.75) is 101 Å². The van der Waals surface area contributed by atoms with Gasteiger partial charge >= 0.3 is 23.9 Å². The van der Waals surface area contributed by atoms with Crippen LogP contribution in [0.4, 0.5) is 0 Å². The number of fused-ring (bicyclic) bond motifs is 5. The summed E-state index contributed by atoms with van der Waals surface area (Å²) >= 11 is 0. The molecule has 7 rings (SSSR count). The number of hydrogen-bond donors (Lipinski definition) is 7. The van der Waals surface area contributed by atoms with Gasteiger partial charge in [-0.2, -0.15) is 8.42 Å². The summed E-state index contributed by atoms with van der Waals surface area (Å²) in [4.78, 5) is 97.7. The van der Waals surface area contributed by atoms with Crippen LogP contribution in [-0.4, -0.2) is 143 Å². The Kier molecular flexibility index (Phi) is 15.3. The third-order valence-corrected chi connectivity index (χ3v) is 15.0. The number of nitrogens with one attached hydrogen (secondary N) is 3. The number of esters is 4. The van der Waals surface area contributed by atoms with Crippen molar-refractivity contribution in [2.24, 2.45) is 16.7 Å². The van der Waals surface area contributed by atoms with E-state index in [0.717, 1.165) is 6.92 Å². The van der Waals surface area contributed by atoms with E-state index in [1.807, 2.05) is 0 Å². The average molecular weight is 1020 g/mol. The van der Waals surface area contributed by atoms with Gasteiger partial charge < -0.3 is 49.6 Å². The van der Waals surface area contributed by atoms with E-state index in [1.165, 1.54) is 64.1 Å². The molecule has 3 aromatic carbocycles. The lowest BCUT2D eigenvalue weighted by Gasteiger charge is -2.67. The summed E-state index contributed by atoms with van der Waals surface area (Å²) in [5.41, 5.74) is -7.98. The highest BCUT2D eigenvalue weighted by atomic mass is 32.2. The number of amides is 2. The van der Waals surface area contributed by atoms with Crippen molar-refractivity contribution < 1.29 is 85.5 Å². The quantitative estimate of drug-likeness (QED) is 0.0460. The topological polar surface area (TPSA) is 317 Å². The fourth-order valence-electron chi connectivity index (χ4n) is 10.8. The fourth-order valence-corrected chi connectivity index (χ4v) is 11.1. The summed E-state index contributed by atoms with van der Waals surface area (Å²) in [6.45, 7) is 4.92. The van der Waals surface area contributed by atoms with E-state index in [1.54, 1.807) is 54.6 Å². The molecule has 1 heterocycles. The van der Waals surface area contributed by atoms with Crippen molar-refractivity contribution in [1.29, 1.82) is 0 Å². The van der Waals surface area contributed by atoms with Gasteiger partial charge in [0.2, 0.25) is 12.0 Å². The van der Waals surface area contributed by atoms with Gasteiger partial charge in [0.25, 0.3) is 16.0 Å². The number of aliphatic hydroxyl groups excluding tert-OH is 2. The Morgan fingerprint density at radius 2 is 1.46 bits per heavy atom. The van der Waals surface area contributed by atoms with Crippen LogP contribution in [0.2, 0.25) is 0 Å². The molecule has 2 amide bonds. The average Bonchev–Trinajstić information content (AvgIpc) is 3.33. The Morgan fingerprint density at radius 3 is 2.03 bits per heavy atom. The van der Waals surface area contributed by atoms with Crippen LogP contribution in [0, 0.1) is 16.7 Å². The normalized spacial score (nSPS) is 29.2. The SMILES string of the molecule is CC(=O)O[C@@]12CO[C@@H]1C[C@H](O)[C@@]1(C)C(=O)[C@H](O)C3=C(C)[C@@H](OC(=O)[C@H](OC(=O)CNC(=O)CNCS(=O)(=O)O)[C@@H](NC(=O)c4ccccc4)c4ccccc4)C[C@@](O)(C(OC(=O)c4ccccc4)C12)C3(C)C. The summed E-state index contributed by atoms with van der Waals surface area (Å²) in [6, 6.07) is 21.8. The number of Topliss-reactive ketones (excluding diaryl/α,β-unsaturated/α-hetero) is 1. The van der Waals surface area contributed by atoms with Gasteiger partial charge in [-0.25, -0.2) is 9.59 Å². The Morgan fingerprint density at radius 1 is 0.861 bits per heavy atom. The molecule has 3 aliphatic carbocycles. The van der Waals surface area contributed by atoms with Gasteiger partial charge in [0.1, 0.15) is 48.5 Å². The zero-order valence-corrected chi connectivity index (χ0v) is 40.8. The number of benzene rings is 3. The molecule has 1 aliphatic heterocycles. The van der Waals surface area contributed by atoms with E-state index in [-0.39, 0.29) is 40.9 Å². The first-order valence-electron chi connectivity index (χ1n) is 23.0. The molecule has 1 saturated heterocycles. The van der Waals surface area contributed by atoms with Gasteiger partial charge in [0, 0.05) is 30.7 Å². The smallest absolute Gasteiger partial charge is 0.350 e. The molecular formula is C50H57N3O18S. The molecule has 386 valence electrons. The van der Waals surface area contributed by atoms with Gasteiger partial charge in [-0.1, -0.05) is 80.6 Å². The standard InChI is InChI=1S/C50H57N3O18S/c1-27-32(68-46(62)40(69-36(57)24-52-35(56)23-51-26-72(64,65)66)38(29-15-9-6-10-16-29)53-44(60)30-17-11-7-12-18-30)22-50(63)43(70-45(61)31-19-13-8-14-20-31)41-48(5,42(59)39(58)37(27)47(50,3)4)33(55)21-34-49(41,25-67-34)71-28(2)54/h6-20,32-34,38-41,43,51,55,58,63H,21-26H2,1-5H3,(H,52,56)(H,53,60)(H,64,65,66)/t32-,33-,34+,38-,39+,40+,41?,43?,48+,49-,50+/m0/s1. The van der Waals surface area contributed by atoms with Crippen LogP contribution < -0.4 is 16.0 Å². The monoisotopic (exact) mass is 1020 g/mol. The number of ether oxygens (including phenoxy) is 5. The maximum atomic E-state index is 15.2. The predicted octanol–water partition coefficient (Wildman–Crippen LogP) is 1.27. The number of rotatable bonds is 16. The Hall–Kier alpha value is -6.40. The molecule has 0 radical (unpaired) electrons. The highest BCUT2D eigenvalue weighted by Crippen LogP contribution is 2.64. The molecule has 2 saturated carbocycles. The van der Waals surface area contributed by atoms with E-state index in [4.69, 9.17) is 28.2 Å². The molecule has 0 aromatic heterocycles. The zero-order chi connectivity index (χ0) is 52.6. The summed E-state index contributed by atoms with van der Waals surface area (Å²) < 4.78 is 61.5. The highest BCUT2D eigenvalue weighted by Gasteiger charge is 2.78. The molecule has 4 aliphatic rings. The second kappa shape index (κ2) is 20.6. The van der Waals surface area contributed by atoms with Crippen LogP contribution in [0.25, 0.3) is 0 Å². The van der Waals surface area contributed by atoms with Gasteiger partial charge in [-0.05, 0) is 54.8 Å². The van der Waals surface area contributed by atoms with Crippen LogP contribution in [0.5, 0.6) is 0 Å². The first kappa shape index (κ1) is 53.4. The molecule has 22 heteroatoms. The van der Waals surface area contributed by atoms with Crippen LogP contribution in [0.3, 0.4) is 0 Å². The second-order valence-corrected chi connectivity index (χ2v) is 20.6. The predicted molar refractivity (Wildman–Crippen MR) is 249 cm³/mol. The molecule has 11 atom stereocenters. The van der Waals surface area contributed by atoms with Crippen molar-refractivity contribution in [1.82, 2.24) is 16.0 Å². The second-order valence-electron chi connectivity index (χ2n) is 19.2. The number of carbonyl (C=O) groups excluding carboxylic acids is 7. The van der Waals surface area contributed by atoms with Crippen LogP contribution in [0.15, 0.2) is 102 Å². The first-order valence-corrected chi connectivity index (χ1v) is 24.6. The molecule has 72 heavy (non-hydrogen) atoms. The summed E-state index contributed by atoms with van der Waals surface area (Å²) in [5, 5.41) is 45.3. The third-order valence-electron chi connectivity index (χ3n) is 14.5. The first-order chi connectivity index (χ1) is 33.9. The lowest BCUT2D eigenvalue weighted by molar-refractivity contribution is -0.346. The minimum Gasteiger partial charge on any atom is -0.455 e. The van der Waals surface area contributed by atoms with Crippen molar-refractivity contribution in [2.75, 3.05) is 25.6 Å². The van der Waals surface area contributed by atoms with E-state index in [2.05, 4.69) is 16.0 Å². The van der Waals surface area contributed by atoms with Crippen molar-refractivity contribution in [3.05, 3.63) is 119 Å². The maximum Gasteiger partial charge on any atom is 0.350 e. The molecular weight excluding hydrogens is 963 g/mol. The summed E-state index contributed by atoms with van der Waals surface area (Å²) in [7, 11) is -4.50. The minimum absolute atomic E-state index is 0.0128. The van der Waals surface area contributed by atoms with Crippen molar-refractivity contribution >= 4 is 51.6 Å². The molecule has 2 bridgehead atoms. The number of aliphatic hydroxyl groups is 3.